The van der Waals surface area contributed by atoms with E-state index in [9.17, 15) is 0 Å². The first-order chi connectivity index (χ1) is 8.66. The van der Waals surface area contributed by atoms with E-state index in [1.807, 2.05) is 11.3 Å². The predicted octanol–water partition coefficient (Wildman–Crippen LogP) is 5.45. The highest BCUT2D eigenvalue weighted by Crippen LogP contribution is 2.57. The minimum atomic E-state index is 0.181. The fraction of sp³-hybridized carbons (Fsp3) is 0.375. The van der Waals surface area contributed by atoms with Crippen LogP contribution in [0.25, 0.3) is 0 Å². The molecule has 0 saturated heterocycles. The molecule has 0 bridgehead atoms. The molecule has 0 N–H and O–H groups in total. The van der Waals surface area contributed by atoms with Gasteiger partial charge < -0.3 is 0 Å². The van der Waals surface area contributed by atoms with Crippen LogP contribution >= 0.6 is 22.9 Å². The minimum Gasteiger partial charge on any atom is -0.146 e. The molecule has 2 heteroatoms. The molecule has 1 aliphatic rings. The molecule has 1 aromatic heterocycles. The van der Waals surface area contributed by atoms with Gasteiger partial charge in [-0.1, -0.05) is 30.3 Å². The molecule has 0 aliphatic heterocycles. The lowest BCUT2D eigenvalue weighted by molar-refractivity contribution is 0.763. The molecule has 1 aromatic carbocycles. The Kier molecular flexibility index (Phi) is 3.21. The molecule has 94 valence electrons. The van der Waals surface area contributed by atoms with Crippen LogP contribution in [0.4, 0.5) is 0 Å². The van der Waals surface area contributed by atoms with E-state index in [0.29, 0.717) is 11.8 Å². The van der Waals surface area contributed by atoms with Gasteiger partial charge in [-0.25, -0.2) is 0 Å². The van der Waals surface area contributed by atoms with E-state index in [-0.39, 0.29) is 5.38 Å². The summed E-state index contributed by atoms with van der Waals surface area (Å²) in [5.74, 6) is 1.27. The van der Waals surface area contributed by atoms with Crippen LogP contribution in [0.5, 0.6) is 0 Å². The lowest BCUT2D eigenvalue weighted by atomic mass is 10.0. The van der Waals surface area contributed by atoms with Gasteiger partial charge in [0.2, 0.25) is 0 Å². The average molecular weight is 277 g/mol. The molecule has 3 unspecified atom stereocenters. The van der Waals surface area contributed by atoms with Crippen molar-refractivity contribution in [2.75, 3.05) is 0 Å². The highest BCUT2D eigenvalue weighted by atomic mass is 35.5. The van der Waals surface area contributed by atoms with Crippen molar-refractivity contribution in [3.63, 3.8) is 0 Å². The standard InChI is InChI=1S/C16H17ClS/c1-10-8-13(11(2)18-10)16(17)15-9-14(15)12-6-4-3-5-7-12/h3-8,14-16H,9H2,1-2H3. The molecular formula is C16H17ClS. The Morgan fingerprint density at radius 3 is 2.56 bits per heavy atom. The van der Waals surface area contributed by atoms with E-state index in [2.05, 4.69) is 50.2 Å². The Hall–Kier alpha value is -0.790. The Bertz CT molecular complexity index is 543. The Labute approximate surface area is 118 Å². The van der Waals surface area contributed by atoms with Crippen molar-refractivity contribution in [3.05, 3.63) is 57.3 Å². The normalized spacial score (nSPS) is 23.9. The molecule has 18 heavy (non-hydrogen) atoms. The first-order valence-corrected chi connectivity index (χ1v) is 7.68. The lowest BCUT2D eigenvalue weighted by Crippen LogP contribution is -1.95. The quantitative estimate of drug-likeness (QED) is 0.654. The van der Waals surface area contributed by atoms with Crippen LogP contribution in [0.3, 0.4) is 0 Å². The topological polar surface area (TPSA) is 0 Å². The zero-order valence-corrected chi connectivity index (χ0v) is 12.3. The summed E-state index contributed by atoms with van der Waals surface area (Å²) in [7, 11) is 0. The molecular weight excluding hydrogens is 260 g/mol. The van der Waals surface area contributed by atoms with Crippen molar-refractivity contribution in [1.29, 1.82) is 0 Å². The number of rotatable bonds is 3. The van der Waals surface area contributed by atoms with Crippen molar-refractivity contribution >= 4 is 22.9 Å². The van der Waals surface area contributed by atoms with Gasteiger partial charge in [0, 0.05) is 9.75 Å². The minimum absolute atomic E-state index is 0.181. The fourth-order valence-electron chi connectivity index (χ4n) is 2.78. The maximum absolute atomic E-state index is 6.67. The molecule has 3 atom stereocenters. The smallest absolute Gasteiger partial charge is 0.0630 e. The monoisotopic (exact) mass is 276 g/mol. The molecule has 0 nitrogen and oxygen atoms in total. The average Bonchev–Trinajstić information content (AvgIpc) is 3.10. The van der Waals surface area contributed by atoms with Gasteiger partial charge in [0.05, 0.1) is 5.38 Å². The van der Waals surface area contributed by atoms with Gasteiger partial charge in [-0.05, 0) is 49.3 Å². The van der Waals surface area contributed by atoms with Crippen LogP contribution in [0.15, 0.2) is 36.4 Å². The molecule has 1 fully saturated rings. The summed E-state index contributed by atoms with van der Waals surface area (Å²) in [6.07, 6.45) is 1.23. The summed E-state index contributed by atoms with van der Waals surface area (Å²) in [6, 6.07) is 13.0. The number of alkyl halides is 1. The SMILES string of the molecule is Cc1cc(C(Cl)C2CC2c2ccccc2)c(C)s1. The van der Waals surface area contributed by atoms with E-state index in [4.69, 9.17) is 11.6 Å². The van der Waals surface area contributed by atoms with Crippen molar-refractivity contribution in [3.8, 4) is 0 Å². The second-order valence-corrected chi connectivity index (χ2v) is 7.12. The lowest BCUT2D eigenvalue weighted by Gasteiger charge is -2.09. The van der Waals surface area contributed by atoms with Gasteiger partial charge in [0.25, 0.3) is 0 Å². The highest BCUT2D eigenvalue weighted by molar-refractivity contribution is 7.12. The Morgan fingerprint density at radius 1 is 1.22 bits per heavy atom. The van der Waals surface area contributed by atoms with Crippen molar-refractivity contribution in [2.45, 2.75) is 31.6 Å². The third-order valence-electron chi connectivity index (χ3n) is 3.82. The summed E-state index contributed by atoms with van der Waals surface area (Å²) in [5, 5.41) is 0.181. The fourth-order valence-corrected chi connectivity index (χ4v) is 4.32. The summed E-state index contributed by atoms with van der Waals surface area (Å²) in [6.45, 7) is 4.34. The van der Waals surface area contributed by atoms with Crippen LogP contribution in [-0.4, -0.2) is 0 Å². The van der Waals surface area contributed by atoms with Crippen LogP contribution in [-0.2, 0) is 0 Å². The van der Waals surface area contributed by atoms with Gasteiger partial charge in [-0.15, -0.1) is 22.9 Å². The molecule has 3 rings (SSSR count). The maximum atomic E-state index is 6.67. The number of aryl methyl sites for hydroxylation is 2. The third-order valence-corrected chi connectivity index (χ3v) is 5.36. The molecule has 1 heterocycles. The highest BCUT2D eigenvalue weighted by Gasteiger charge is 2.44. The summed E-state index contributed by atoms with van der Waals surface area (Å²) in [4.78, 5) is 2.75. The van der Waals surface area contributed by atoms with Gasteiger partial charge in [-0.2, -0.15) is 0 Å². The number of thiophene rings is 1. The summed E-state index contributed by atoms with van der Waals surface area (Å²) < 4.78 is 0. The van der Waals surface area contributed by atoms with Gasteiger partial charge in [0.1, 0.15) is 0 Å². The van der Waals surface area contributed by atoms with Gasteiger partial charge >= 0.3 is 0 Å². The van der Waals surface area contributed by atoms with E-state index in [0.717, 1.165) is 0 Å². The van der Waals surface area contributed by atoms with E-state index >= 15 is 0 Å². The first kappa shape index (κ1) is 12.3. The van der Waals surface area contributed by atoms with Crippen LogP contribution in [0.1, 0.15) is 38.6 Å². The number of benzene rings is 1. The Morgan fingerprint density at radius 2 is 1.94 bits per heavy atom. The largest absolute Gasteiger partial charge is 0.146 e. The van der Waals surface area contributed by atoms with Gasteiger partial charge in [0.15, 0.2) is 0 Å². The molecule has 0 spiro atoms. The zero-order valence-electron chi connectivity index (χ0n) is 10.7. The van der Waals surface area contributed by atoms with Crippen LogP contribution in [0.2, 0.25) is 0 Å². The molecule has 0 radical (unpaired) electrons. The number of halogens is 1. The molecule has 0 amide bonds. The van der Waals surface area contributed by atoms with E-state index in [1.54, 1.807) is 0 Å². The van der Waals surface area contributed by atoms with Crippen LogP contribution in [0, 0.1) is 19.8 Å². The summed E-state index contributed by atoms with van der Waals surface area (Å²) in [5.41, 5.74) is 2.79. The molecule has 1 saturated carbocycles. The Balaban J connectivity index is 1.77. The summed E-state index contributed by atoms with van der Waals surface area (Å²) >= 11 is 8.53. The zero-order chi connectivity index (χ0) is 12.7. The van der Waals surface area contributed by atoms with Crippen molar-refractivity contribution < 1.29 is 0 Å². The van der Waals surface area contributed by atoms with Gasteiger partial charge in [-0.3, -0.25) is 0 Å². The number of hydrogen-bond acceptors (Lipinski definition) is 1. The number of hydrogen-bond donors (Lipinski definition) is 0. The first-order valence-electron chi connectivity index (χ1n) is 6.43. The third kappa shape index (κ3) is 2.22. The maximum Gasteiger partial charge on any atom is 0.0630 e. The van der Waals surface area contributed by atoms with Crippen molar-refractivity contribution in [2.24, 2.45) is 5.92 Å². The molecule has 2 aromatic rings. The van der Waals surface area contributed by atoms with E-state index in [1.165, 1.54) is 27.3 Å². The van der Waals surface area contributed by atoms with E-state index < -0.39 is 0 Å². The van der Waals surface area contributed by atoms with Crippen LogP contribution < -0.4 is 0 Å². The predicted molar refractivity (Wildman–Crippen MR) is 79.7 cm³/mol. The molecule has 1 aliphatic carbocycles. The second kappa shape index (κ2) is 4.71. The van der Waals surface area contributed by atoms with Crippen molar-refractivity contribution in [1.82, 2.24) is 0 Å². The second-order valence-electron chi connectivity index (χ2n) is 5.19.